The highest BCUT2D eigenvalue weighted by atomic mass is 16.5. The largest absolute Gasteiger partial charge is 0.373 e. The van der Waals surface area contributed by atoms with Crippen molar-refractivity contribution in [1.82, 2.24) is 0 Å². The lowest BCUT2D eigenvalue weighted by molar-refractivity contribution is 0.0601. The Morgan fingerprint density at radius 1 is 1.62 bits per heavy atom. The van der Waals surface area contributed by atoms with Gasteiger partial charge in [-0.15, -0.1) is 0 Å². The maximum atomic E-state index is 9.31. The van der Waals surface area contributed by atoms with Gasteiger partial charge < -0.3 is 4.74 Å². The van der Waals surface area contributed by atoms with Crippen molar-refractivity contribution in [3.8, 4) is 6.07 Å². The van der Waals surface area contributed by atoms with Gasteiger partial charge >= 0.3 is 0 Å². The molecule has 2 fully saturated rings. The Bertz CT molecular complexity index is 245. The zero-order valence-electron chi connectivity index (χ0n) is 8.42. The Balaban J connectivity index is 2.23. The molecule has 2 heteroatoms. The van der Waals surface area contributed by atoms with Crippen molar-refractivity contribution in [2.24, 2.45) is 11.3 Å². The van der Waals surface area contributed by atoms with Crippen LogP contribution < -0.4 is 0 Å². The van der Waals surface area contributed by atoms with Gasteiger partial charge in [-0.2, -0.15) is 5.26 Å². The van der Waals surface area contributed by atoms with E-state index in [-0.39, 0.29) is 11.5 Å². The number of ether oxygens (including phenoxy) is 1. The van der Waals surface area contributed by atoms with Crippen molar-refractivity contribution >= 4 is 0 Å². The fourth-order valence-corrected chi connectivity index (χ4v) is 2.85. The van der Waals surface area contributed by atoms with E-state index >= 15 is 0 Å². The summed E-state index contributed by atoms with van der Waals surface area (Å²) in [7, 11) is 0. The van der Waals surface area contributed by atoms with Gasteiger partial charge in [-0.3, -0.25) is 0 Å². The molecule has 0 radical (unpaired) electrons. The number of fused-ring (bicyclic) bond motifs is 2. The summed E-state index contributed by atoms with van der Waals surface area (Å²) in [4.78, 5) is 0. The molecule has 0 amide bonds. The summed E-state index contributed by atoms with van der Waals surface area (Å²) in [5.41, 5.74) is -0.155. The second-order valence-electron chi connectivity index (χ2n) is 4.49. The van der Waals surface area contributed by atoms with Gasteiger partial charge in [-0.05, 0) is 25.2 Å². The summed E-state index contributed by atoms with van der Waals surface area (Å²) in [6, 6.07) is 2.53. The smallest absolute Gasteiger partial charge is 0.0884 e. The van der Waals surface area contributed by atoms with E-state index in [1.165, 1.54) is 6.42 Å². The maximum absolute atomic E-state index is 9.31. The molecule has 0 aromatic heterocycles. The van der Waals surface area contributed by atoms with Gasteiger partial charge in [0.25, 0.3) is 0 Å². The second kappa shape index (κ2) is 2.99. The molecule has 2 rings (SSSR count). The molecule has 0 spiro atoms. The Labute approximate surface area is 79.9 Å². The Morgan fingerprint density at radius 3 is 2.77 bits per heavy atom. The highest BCUT2D eigenvalue weighted by Crippen LogP contribution is 2.52. The third-order valence-electron chi connectivity index (χ3n) is 3.95. The van der Waals surface area contributed by atoms with Crippen LogP contribution in [-0.4, -0.2) is 12.2 Å². The van der Waals surface area contributed by atoms with Crippen LogP contribution in [0.3, 0.4) is 0 Å². The van der Waals surface area contributed by atoms with Gasteiger partial charge in [-0.25, -0.2) is 0 Å². The van der Waals surface area contributed by atoms with Gasteiger partial charge in [0.1, 0.15) is 0 Å². The Kier molecular flexibility index (Phi) is 2.08. The molecule has 0 aromatic carbocycles. The first-order valence-electron chi connectivity index (χ1n) is 5.29. The zero-order chi connectivity index (χ0) is 9.47. The van der Waals surface area contributed by atoms with Crippen molar-refractivity contribution in [2.45, 2.75) is 51.7 Å². The van der Waals surface area contributed by atoms with Crippen LogP contribution >= 0.6 is 0 Å². The van der Waals surface area contributed by atoms with Gasteiger partial charge in [0.15, 0.2) is 0 Å². The molecule has 72 valence electrons. The molecule has 0 aromatic rings. The normalized spacial score (nSPS) is 44.7. The highest BCUT2D eigenvalue weighted by molar-refractivity contribution is 5.14. The SMILES string of the molecule is CCC(C)C1(C#N)CC2CCC1O2. The third kappa shape index (κ3) is 1.10. The summed E-state index contributed by atoms with van der Waals surface area (Å²) in [5, 5.41) is 9.31. The fraction of sp³-hybridized carbons (Fsp3) is 0.909. The third-order valence-corrected chi connectivity index (χ3v) is 3.95. The quantitative estimate of drug-likeness (QED) is 0.652. The number of rotatable bonds is 2. The summed E-state index contributed by atoms with van der Waals surface area (Å²) in [6.07, 6.45) is 4.95. The van der Waals surface area contributed by atoms with Crippen LogP contribution in [0.15, 0.2) is 0 Å². The number of nitriles is 1. The minimum atomic E-state index is -0.155. The van der Waals surface area contributed by atoms with E-state index < -0.39 is 0 Å². The average molecular weight is 179 g/mol. The molecule has 13 heavy (non-hydrogen) atoms. The Hall–Kier alpha value is -0.550. The predicted octanol–water partition coefficient (Wildman–Crippen LogP) is 2.49. The molecule has 2 saturated heterocycles. The molecule has 0 N–H and O–H groups in total. The molecule has 4 atom stereocenters. The molecule has 0 aliphatic carbocycles. The van der Waals surface area contributed by atoms with Crippen molar-refractivity contribution in [1.29, 1.82) is 5.26 Å². The lowest BCUT2D eigenvalue weighted by atomic mass is 9.66. The van der Waals surface area contributed by atoms with E-state index in [9.17, 15) is 5.26 Å². The van der Waals surface area contributed by atoms with E-state index in [1.807, 2.05) is 0 Å². The van der Waals surface area contributed by atoms with E-state index in [1.54, 1.807) is 0 Å². The topological polar surface area (TPSA) is 33.0 Å². The lowest BCUT2D eigenvalue weighted by Crippen LogP contribution is -2.36. The van der Waals surface area contributed by atoms with Crippen molar-refractivity contribution in [3.63, 3.8) is 0 Å². The van der Waals surface area contributed by atoms with Crippen LogP contribution in [0.2, 0.25) is 0 Å². The summed E-state index contributed by atoms with van der Waals surface area (Å²) in [6.45, 7) is 4.35. The zero-order valence-corrected chi connectivity index (χ0v) is 8.42. The van der Waals surface area contributed by atoms with Crippen LogP contribution in [0.1, 0.15) is 39.5 Å². The summed E-state index contributed by atoms with van der Waals surface area (Å²) in [5.74, 6) is 0.479. The summed E-state index contributed by atoms with van der Waals surface area (Å²) >= 11 is 0. The van der Waals surface area contributed by atoms with Crippen molar-refractivity contribution < 1.29 is 4.74 Å². The highest BCUT2D eigenvalue weighted by Gasteiger charge is 2.55. The molecule has 4 unspecified atom stereocenters. The van der Waals surface area contributed by atoms with E-state index in [0.29, 0.717) is 12.0 Å². The number of nitrogens with zero attached hydrogens (tertiary/aromatic N) is 1. The number of hydrogen-bond donors (Lipinski definition) is 0. The molecular formula is C11H17NO. The van der Waals surface area contributed by atoms with Crippen LogP contribution in [-0.2, 0) is 4.74 Å². The monoisotopic (exact) mass is 179 g/mol. The van der Waals surface area contributed by atoms with Gasteiger partial charge in [0.05, 0.1) is 23.7 Å². The molecule has 2 bridgehead atoms. The van der Waals surface area contributed by atoms with E-state index in [0.717, 1.165) is 19.3 Å². The molecule has 2 nitrogen and oxygen atoms in total. The van der Waals surface area contributed by atoms with Crippen molar-refractivity contribution in [3.05, 3.63) is 0 Å². The van der Waals surface area contributed by atoms with Crippen LogP contribution in [0.25, 0.3) is 0 Å². The average Bonchev–Trinajstić information content (AvgIpc) is 2.75. The van der Waals surface area contributed by atoms with Crippen LogP contribution in [0, 0.1) is 22.7 Å². The molecule has 2 aliphatic heterocycles. The molecule has 2 aliphatic rings. The van der Waals surface area contributed by atoms with Crippen LogP contribution in [0.5, 0.6) is 0 Å². The minimum Gasteiger partial charge on any atom is -0.373 e. The standard InChI is InChI=1S/C11H17NO/c1-3-8(2)11(7-12)6-9-4-5-10(11)13-9/h8-10H,3-6H2,1-2H3. The van der Waals surface area contributed by atoms with E-state index in [2.05, 4.69) is 19.9 Å². The summed E-state index contributed by atoms with van der Waals surface area (Å²) < 4.78 is 5.78. The van der Waals surface area contributed by atoms with Crippen LogP contribution in [0.4, 0.5) is 0 Å². The first-order valence-corrected chi connectivity index (χ1v) is 5.29. The molecule has 2 heterocycles. The Morgan fingerprint density at radius 2 is 2.38 bits per heavy atom. The van der Waals surface area contributed by atoms with Crippen molar-refractivity contribution in [2.75, 3.05) is 0 Å². The molecule has 0 saturated carbocycles. The van der Waals surface area contributed by atoms with Gasteiger partial charge in [0, 0.05) is 0 Å². The molecular weight excluding hydrogens is 162 g/mol. The first-order chi connectivity index (χ1) is 6.23. The van der Waals surface area contributed by atoms with Gasteiger partial charge in [-0.1, -0.05) is 20.3 Å². The lowest BCUT2D eigenvalue weighted by Gasteiger charge is -2.33. The predicted molar refractivity (Wildman–Crippen MR) is 50.0 cm³/mol. The van der Waals surface area contributed by atoms with Gasteiger partial charge in [0.2, 0.25) is 0 Å². The minimum absolute atomic E-state index is 0.155. The maximum Gasteiger partial charge on any atom is 0.0884 e. The first kappa shape index (κ1) is 9.02. The van der Waals surface area contributed by atoms with E-state index in [4.69, 9.17) is 4.74 Å². The fourth-order valence-electron chi connectivity index (χ4n) is 2.85. The number of hydrogen-bond acceptors (Lipinski definition) is 2. The second-order valence-corrected chi connectivity index (χ2v) is 4.49.